The lowest BCUT2D eigenvalue weighted by Gasteiger charge is -2.12. The molecule has 0 bridgehead atoms. The van der Waals surface area contributed by atoms with Gasteiger partial charge in [-0.15, -0.1) is 0 Å². The van der Waals surface area contributed by atoms with Crippen LogP contribution in [0.15, 0.2) is 51.7 Å². The highest BCUT2D eigenvalue weighted by atomic mass is 35.5. The Bertz CT molecular complexity index is 1380. The van der Waals surface area contributed by atoms with E-state index < -0.39 is 17.6 Å². The van der Waals surface area contributed by atoms with Gasteiger partial charge in [0.25, 0.3) is 0 Å². The molecule has 0 N–H and O–H groups in total. The van der Waals surface area contributed by atoms with Gasteiger partial charge in [0, 0.05) is 21.1 Å². The smallest absolute Gasteiger partial charge is 0.356 e. The summed E-state index contributed by atoms with van der Waals surface area (Å²) in [6.07, 6.45) is 0. The van der Waals surface area contributed by atoms with Crippen LogP contribution in [0.4, 0.5) is 0 Å². The maximum atomic E-state index is 12.8. The molecule has 0 spiro atoms. The van der Waals surface area contributed by atoms with Gasteiger partial charge in [0.05, 0.1) is 25.1 Å². The van der Waals surface area contributed by atoms with E-state index in [-0.39, 0.29) is 22.2 Å². The van der Waals surface area contributed by atoms with Crippen LogP contribution in [0.3, 0.4) is 0 Å². The molecule has 0 unspecified atom stereocenters. The zero-order chi connectivity index (χ0) is 21.6. The van der Waals surface area contributed by atoms with Gasteiger partial charge in [-0.3, -0.25) is 4.57 Å². The zero-order valence-electron chi connectivity index (χ0n) is 15.7. The third-order valence-electron chi connectivity index (χ3n) is 4.60. The number of carbonyl (C=O) groups is 2. The Morgan fingerprint density at radius 3 is 2.13 bits per heavy atom. The molecule has 0 aliphatic rings. The Morgan fingerprint density at radius 2 is 1.53 bits per heavy atom. The van der Waals surface area contributed by atoms with Crippen LogP contribution in [0, 0.1) is 0 Å². The summed E-state index contributed by atoms with van der Waals surface area (Å²) in [6.45, 7) is 0. The van der Waals surface area contributed by atoms with Crippen LogP contribution >= 0.6 is 23.2 Å². The minimum absolute atomic E-state index is 0.109. The average Bonchev–Trinajstić information content (AvgIpc) is 3.07. The summed E-state index contributed by atoms with van der Waals surface area (Å²) >= 11 is 12.4. The van der Waals surface area contributed by atoms with E-state index in [1.54, 1.807) is 36.4 Å². The van der Waals surface area contributed by atoms with Crippen molar-refractivity contribution in [3.8, 4) is 5.69 Å². The normalized spacial score (nSPS) is 11.1. The number of ether oxygens (including phenoxy) is 2. The van der Waals surface area contributed by atoms with Crippen LogP contribution in [0.25, 0.3) is 27.6 Å². The second-order valence-electron chi connectivity index (χ2n) is 6.28. The van der Waals surface area contributed by atoms with E-state index in [2.05, 4.69) is 0 Å². The van der Waals surface area contributed by atoms with Gasteiger partial charge in [-0.05, 0) is 24.3 Å². The summed E-state index contributed by atoms with van der Waals surface area (Å²) in [4.78, 5) is 38.0. The minimum atomic E-state index is -0.870. The van der Waals surface area contributed by atoms with Crippen molar-refractivity contribution in [1.29, 1.82) is 0 Å². The van der Waals surface area contributed by atoms with E-state index in [0.29, 0.717) is 26.6 Å². The first kappa shape index (κ1) is 20.0. The lowest BCUT2D eigenvalue weighted by molar-refractivity contribution is 0.0550. The molecule has 0 fully saturated rings. The van der Waals surface area contributed by atoms with Crippen molar-refractivity contribution < 1.29 is 23.5 Å². The van der Waals surface area contributed by atoms with Gasteiger partial charge in [-0.25, -0.2) is 14.4 Å². The highest BCUT2D eigenvalue weighted by molar-refractivity contribution is 6.35. The first-order valence-corrected chi connectivity index (χ1v) is 9.36. The summed E-state index contributed by atoms with van der Waals surface area (Å²) in [5, 5.41) is 1.33. The number of hydrogen-bond acceptors (Lipinski definition) is 6. The van der Waals surface area contributed by atoms with E-state index in [4.69, 9.17) is 37.1 Å². The molecule has 9 heteroatoms. The van der Waals surface area contributed by atoms with E-state index in [0.717, 1.165) is 7.11 Å². The van der Waals surface area contributed by atoms with Crippen LogP contribution in [-0.4, -0.2) is 30.7 Å². The first-order valence-electron chi connectivity index (χ1n) is 8.60. The van der Waals surface area contributed by atoms with Gasteiger partial charge in [0.2, 0.25) is 0 Å². The zero-order valence-corrected chi connectivity index (χ0v) is 17.2. The Balaban J connectivity index is 2.34. The van der Waals surface area contributed by atoms with Crippen molar-refractivity contribution in [3.63, 3.8) is 0 Å². The Kier molecular flexibility index (Phi) is 5.01. The van der Waals surface area contributed by atoms with Crippen molar-refractivity contribution in [2.75, 3.05) is 14.2 Å². The number of esters is 2. The average molecular weight is 446 g/mol. The molecule has 0 radical (unpaired) electrons. The fraction of sp³-hybridized carbons (Fsp3) is 0.0952. The van der Waals surface area contributed by atoms with Crippen LogP contribution in [-0.2, 0) is 9.47 Å². The maximum Gasteiger partial charge on any atom is 0.356 e. The van der Waals surface area contributed by atoms with Gasteiger partial charge >= 0.3 is 17.6 Å². The molecule has 0 amide bonds. The summed E-state index contributed by atoms with van der Waals surface area (Å²) in [7, 11) is 2.33. The molecule has 4 rings (SSSR count). The molecule has 152 valence electrons. The molecule has 0 aliphatic carbocycles. The van der Waals surface area contributed by atoms with E-state index in [1.807, 2.05) is 0 Å². The van der Waals surface area contributed by atoms with Gasteiger partial charge < -0.3 is 13.9 Å². The van der Waals surface area contributed by atoms with Crippen molar-refractivity contribution in [3.05, 3.63) is 74.2 Å². The van der Waals surface area contributed by atoms with Crippen LogP contribution in [0.5, 0.6) is 0 Å². The lowest BCUT2D eigenvalue weighted by atomic mass is 10.1. The number of halogens is 2. The van der Waals surface area contributed by atoms with Gasteiger partial charge in [-0.1, -0.05) is 41.4 Å². The number of rotatable bonds is 3. The molecule has 2 aromatic carbocycles. The highest BCUT2D eigenvalue weighted by Crippen LogP contribution is 2.35. The molecule has 4 aromatic rings. The van der Waals surface area contributed by atoms with Crippen LogP contribution < -0.4 is 5.63 Å². The molecule has 2 aromatic heterocycles. The number of methoxy groups -OCH3 is 2. The van der Waals surface area contributed by atoms with Gasteiger partial charge in [0.15, 0.2) is 11.3 Å². The Labute approximate surface area is 179 Å². The molecule has 0 aliphatic heterocycles. The predicted octanol–water partition coefficient (Wildman–Crippen LogP) is 4.62. The van der Waals surface area contributed by atoms with Crippen molar-refractivity contribution in [1.82, 2.24) is 4.57 Å². The fourth-order valence-electron chi connectivity index (χ4n) is 3.42. The number of carbonyl (C=O) groups excluding carboxylic acids is 2. The molecule has 30 heavy (non-hydrogen) atoms. The van der Waals surface area contributed by atoms with Crippen molar-refractivity contribution in [2.45, 2.75) is 0 Å². The molecular formula is C21H13Cl2NO6. The Hall–Kier alpha value is -3.29. The van der Waals surface area contributed by atoms with E-state index in [1.165, 1.54) is 17.7 Å². The minimum Gasteiger partial charge on any atom is -0.465 e. The van der Waals surface area contributed by atoms with Crippen molar-refractivity contribution >= 4 is 57.0 Å². The first-order chi connectivity index (χ1) is 14.4. The van der Waals surface area contributed by atoms with Crippen LogP contribution in [0.2, 0.25) is 10.0 Å². The monoisotopic (exact) mass is 445 g/mol. The molecule has 2 heterocycles. The number of hydrogen-bond donors (Lipinski definition) is 0. The third-order valence-corrected chi connectivity index (χ3v) is 5.03. The molecule has 0 saturated heterocycles. The fourth-order valence-corrected chi connectivity index (χ4v) is 3.93. The summed E-state index contributed by atoms with van der Waals surface area (Å²) < 4.78 is 16.7. The molecule has 0 saturated carbocycles. The summed E-state index contributed by atoms with van der Waals surface area (Å²) in [6, 6.07) is 11.3. The largest absolute Gasteiger partial charge is 0.465 e. The Morgan fingerprint density at radius 1 is 0.933 bits per heavy atom. The molecular weight excluding hydrogens is 433 g/mol. The lowest BCUT2D eigenvalue weighted by Crippen LogP contribution is -2.15. The topological polar surface area (TPSA) is 87.7 Å². The van der Waals surface area contributed by atoms with Gasteiger partial charge in [-0.2, -0.15) is 0 Å². The number of fused-ring (bicyclic) bond motifs is 3. The standard InChI is InChI=1S/C21H13Cl2NO6/c1-28-20(26)15-17(21(27)29-2)24(12-8-10(22)7-11(23)9-12)16-13-5-3-4-6-14(13)19(25)30-18(15)16/h3-9H,1-2H3. The van der Waals surface area contributed by atoms with E-state index >= 15 is 0 Å². The van der Waals surface area contributed by atoms with Crippen molar-refractivity contribution in [2.24, 2.45) is 0 Å². The highest BCUT2D eigenvalue weighted by Gasteiger charge is 2.33. The maximum absolute atomic E-state index is 12.8. The summed E-state index contributed by atoms with van der Waals surface area (Å²) in [5.41, 5.74) is -0.533. The van der Waals surface area contributed by atoms with E-state index in [9.17, 15) is 14.4 Å². The third kappa shape index (κ3) is 3.03. The molecule has 0 atom stereocenters. The number of aromatic nitrogens is 1. The predicted molar refractivity (Wildman–Crippen MR) is 112 cm³/mol. The SMILES string of the molecule is COC(=O)c1c(C(=O)OC)n(-c2cc(Cl)cc(Cl)c2)c2c1oc(=O)c1ccccc12. The number of benzene rings is 2. The second kappa shape index (κ2) is 7.51. The quantitative estimate of drug-likeness (QED) is 0.427. The number of nitrogens with zero attached hydrogens (tertiary/aromatic N) is 1. The molecule has 7 nitrogen and oxygen atoms in total. The summed E-state index contributed by atoms with van der Waals surface area (Å²) in [5.74, 6) is -1.71. The van der Waals surface area contributed by atoms with Gasteiger partial charge in [0.1, 0.15) is 5.56 Å². The van der Waals surface area contributed by atoms with Crippen LogP contribution in [0.1, 0.15) is 20.8 Å². The second-order valence-corrected chi connectivity index (χ2v) is 7.16.